The van der Waals surface area contributed by atoms with Gasteiger partial charge in [0.2, 0.25) is 5.95 Å². The van der Waals surface area contributed by atoms with E-state index in [2.05, 4.69) is 4.98 Å². The fourth-order valence-corrected chi connectivity index (χ4v) is 1.52. The van der Waals surface area contributed by atoms with Gasteiger partial charge in [0.15, 0.2) is 0 Å². The molecule has 1 aromatic carbocycles. The third-order valence-electron chi connectivity index (χ3n) is 2.32. The van der Waals surface area contributed by atoms with Crippen LogP contribution in [0.3, 0.4) is 0 Å². The predicted octanol–water partition coefficient (Wildman–Crippen LogP) is 0.612. The van der Waals surface area contributed by atoms with Gasteiger partial charge in [-0.25, -0.2) is 4.98 Å². The second kappa shape index (κ2) is 4.06. The first kappa shape index (κ1) is 10.2. The van der Waals surface area contributed by atoms with E-state index in [1.165, 1.54) is 6.20 Å². The SMILES string of the molecule is NC(=O)c1cnc(N)n1Cc1ccccc1. The van der Waals surface area contributed by atoms with Crippen molar-refractivity contribution in [1.29, 1.82) is 0 Å². The van der Waals surface area contributed by atoms with Gasteiger partial charge in [0.25, 0.3) is 5.91 Å². The lowest BCUT2D eigenvalue weighted by Gasteiger charge is -2.07. The molecule has 0 saturated carbocycles. The molecule has 0 aliphatic carbocycles. The number of primary amides is 1. The summed E-state index contributed by atoms with van der Waals surface area (Å²) in [4.78, 5) is 15.0. The van der Waals surface area contributed by atoms with Gasteiger partial charge in [0.05, 0.1) is 12.7 Å². The topological polar surface area (TPSA) is 86.9 Å². The third kappa shape index (κ3) is 1.88. The van der Waals surface area contributed by atoms with Gasteiger partial charge in [-0.3, -0.25) is 4.79 Å². The maximum Gasteiger partial charge on any atom is 0.267 e. The van der Waals surface area contributed by atoms with E-state index in [1.54, 1.807) is 4.57 Å². The van der Waals surface area contributed by atoms with Gasteiger partial charge in [0, 0.05) is 0 Å². The van der Waals surface area contributed by atoms with E-state index < -0.39 is 5.91 Å². The van der Waals surface area contributed by atoms with Crippen molar-refractivity contribution in [1.82, 2.24) is 9.55 Å². The van der Waals surface area contributed by atoms with Crippen molar-refractivity contribution in [2.75, 3.05) is 5.73 Å². The highest BCUT2D eigenvalue weighted by Crippen LogP contribution is 2.10. The number of rotatable bonds is 3. The molecule has 0 saturated heterocycles. The molecule has 0 radical (unpaired) electrons. The van der Waals surface area contributed by atoms with Crippen LogP contribution in [-0.2, 0) is 6.54 Å². The van der Waals surface area contributed by atoms with Gasteiger partial charge in [-0.2, -0.15) is 0 Å². The molecule has 1 amide bonds. The molecule has 5 heteroatoms. The molecule has 1 heterocycles. The van der Waals surface area contributed by atoms with E-state index in [-0.39, 0.29) is 5.95 Å². The van der Waals surface area contributed by atoms with Crippen LogP contribution in [0.1, 0.15) is 16.1 Å². The van der Waals surface area contributed by atoms with Crippen LogP contribution in [0.5, 0.6) is 0 Å². The molecule has 4 N–H and O–H groups in total. The molecule has 1 aromatic heterocycles. The molecule has 0 aliphatic heterocycles. The van der Waals surface area contributed by atoms with Crippen LogP contribution < -0.4 is 11.5 Å². The molecule has 5 nitrogen and oxygen atoms in total. The van der Waals surface area contributed by atoms with Crippen molar-refractivity contribution in [2.24, 2.45) is 5.73 Å². The lowest BCUT2D eigenvalue weighted by atomic mass is 10.2. The Bertz CT molecular complexity index is 504. The Morgan fingerprint density at radius 3 is 2.62 bits per heavy atom. The normalized spacial score (nSPS) is 10.2. The molecule has 0 unspecified atom stereocenters. The summed E-state index contributed by atoms with van der Waals surface area (Å²) in [7, 11) is 0. The van der Waals surface area contributed by atoms with E-state index in [1.807, 2.05) is 30.3 Å². The molecular weight excluding hydrogens is 204 g/mol. The minimum atomic E-state index is -0.528. The van der Waals surface area contributed by atoms with Crippen molar-refractivity contribution in [3.8, 4) is 0 Å². The van der Waals surface area contributed by atoms with E-state index in [0.29, 0.717) is 12.2 Å². The number of carbonyl (C=O) groups excluding carboxylic acids is 1. The Balaban J connectivity index is 2.34. The quantitative estimate of drug-likeness (QED) is 0.788. The first-order valence-corrected chi connectivity index (χ1v) is 4.83. The highest BCUT2D eigenvalue weighted by atomic mass is 16.1. The smallest absolute Gasteiger partial charge is 0.267 e. The highest BCUT2D eigenvalue weighted by molar-refractivity contribution is 5.91. The van der Waals surface area contributed by atoms with Crippen LogP contribution in [0, 0.1) is 0 Å². The Hall–Kier alpha value is -2.30. The van der Waals surface area contributed by atoms with Gasteiger partial charge in [-0.15, -0.1) is 0 Å². The minimum Gasteiger partial charge on any atom is -0.369 e. The van der Waals surface area contributed by atoms with Gasteiger partial charge in [-0.1, -0.05) is 30.3 Å². The summed E-state index contributed by atoms with van der Waals surface area (Å²) in [6, 6.07) is 9.67. The van der Waals surface area contributed by atoms with E-state index in [0.717, 1.165) is 5.56 Å². The Labute approximate surface area is 92.7 Å². The van der Waals surface area contributed by atoms with E-state index in [4.69, 9.17) is 11.5 Å². The number of anilines is 1. The summed E-state index contributed by atoms with van der Waals surface area (Å²) in [5.41, 5.74) is 12.3. The molecule has 16 heavy (non-hydrogen) atoms. The first-order chi connectivity index (χ1) is 7.68. The Morgan fingerprint density at radius 2 is 2.00 bits per heavy atom. The van der Waals surface area contributed by atoms with E-state index >= 15 is 0 Å². The zero-order valence-corrected chi connectivity index (χ0v) is 8.63. The monoisotopic (exact) mass is 216 g/mol. The van der Waals surface area contributed by atoms with Crippen molar-refractivity contribution >= 4 is 11.9 Å². The van der Waals surface area contributed by atoms with Gasteiger partial charge < -0.3 is 16.0 Å². The standard InChI is InChI=1S/C11H12N4O/c12-10(16)9-6-14-11(13)15(9)7-8-4-2-1-3-5-8/h1-6H,7H2,(H2,12,16)(H2,13,14). The van der Waals surface area contributed by atoms with Crippen LogP contribution in [0.2, 0.25) is 0 Å². The summed E-state index contributed by atoms with van der Waals surface area (Å²) < 4.78 is 1.59. The number of carbonyl (C=O) groups is 1. The average Bonchev–Trinajstić information content (AvgIpc) is 2.62. The summed E-state index contributed by atoms with van der Waals surface area (Å²) in [6.07, 6.45) is 1.39. The zero-order chi connectivity index (χ0) is 11.5. The van der Waals surface area contributed by atoms with Crippen molar-refractivity contribution < 1.29 is 4.79 Å². The molecule has 0 spiro atoms. The molecule has 2 rings (SSSR count). The summed E-state index contributed by atoms with van der Waals surface area (Å²) >= 11 is 0. The zero-order valence-electron chi connectivity index (χ0n) is 8.63. The van der Waals surface area contributed by atoms with Crippen LogP contribution >= 0.6 is 0 Å². The van der Waals surface area contributed by atoms with Crippen LogP contribution in [-0.4, -0.2) is 15.5 Å². The maximum absolute atomic E-state index is 11.1. The number of nitrogens with two attached hydrogens (primary N) is 2. The third-order valence-corrected chi connectivity index (χ3v) is 2.32. The number of amides is 1. The fourth-order valence-electron chi connectivity index (χ4n) is 1.52. The van der Waals surface area contributed by atoms with Crippen molar-refractivity contribution in [3.05, 3.63) is 47.8 Å². The number of benzene rings is 1. The molecule has 0 aliphatic rings. The van der Waals surface area contributed by atoms with Crippen LogP contribution in [0.4, 0.5) is 5.95 Å². The van der Waals surface area contributed by atoms with Gasteiger partial charge in [-0.05, 0) is 5.56 Å². The minimum absolute atomic E-state index is 0.289. The Morgan fingerprint density at radius 1 is 1.31 bits per heavy atom. The molecule has 0 fully saturated rings. The lowest BCUT2D eigenvalue weighted by Crippen LogP contribution is -2.18. The molecule has 82 valence electrons. The lowest BCUT2D eigenvalue weighted by molar-refractivity contribution is 0.0992. The maximum atomic E-state index is 11.1. The molecule has 2 aromatic rings. The van der Waals surface area contributed by atoms with Crippen LogP contribution in [0.25, 0.3) is 0 Å². The summed E-state index contributed by atoms with van der Waals surface area (Å²) in [5, 5.41) is 0. The molecule has 0 bridgehead atoms. The number of imidazole rings is 1. The second-order valence-corrected chi connectivity index (χ2v) is 3.44. The van der Waals surface area contributed by atoms with Crippen molar-refractivity contribution in [3.63, 3.8) is 0 Å². The highest BCUT2D eigenvalue weighted by Gasteiger charge is 2.11. The molecule has 0 atom stereocenters. The Kier molecular flexibility index (Phi) is 2.59. The number of aromatic nitrogens is 2. The van der Waals surface area contributed by atoms with Crippen LogP contribution in [0.15, 0.2) is 36.5 Å². The van der Waals surface area contributed by atoms with Gasteiger partial charge >= 0.3 is 0 Å². The number of nitrogens with zero attached hydrogens (tertiary/aromatic N) is 2. The van der Waals surface area contributed by atoms with Crippen molar-refractivity contribution in [2.45, 2.75) is 6.54 Å². The number of hydrogen-bond donors (Lipinski definition) is 2. The second-order valence-electron chi connectivity index (χ2n) is 3.44. The largest absolute Gasteiger partial charge is 0.369 e. The number of hydrogen-bond acceptors (Lipinski definition) is 3. The summed E-state index contributed by atoms with van der Waals surface area (Å²) in [5.74, 6) is -0.238. The first-order valence-electron chi connectivity index (χ1n) is 4.83. The fraction of sp³-hybridized carbons (Fsp3) is 0.0909. The van der Waals surface area contributed by atoms with Gasteiger partial charge in [0.1, 0.15) is 5.69 Å². The predicted molar refractivity (Wildman–Crippen MR) is 60.7 cm³/mol. The summed E-state index contributed by atoms with van der Waals surface area (Å²) in [6.45, 7) is 0.491. The van der Waals surface area contributed by atoms with E-state index in [9.17, 15) is 4.79 Å². The molecular formula is C11H12N4O. The average molecular weight is 216 g/mol. The number of nitrogen functional groups attached to an aromatic ring is 1.